The van der Waals surface area contributed by atoms with E-state index in [1.165, 1.54) is 7.11 Å². The summed E-state index contributed by atoms with van der Waals surface area (Å²) in [7, 11) is 1.25. The maximum atomic E-state index is 14.3. The van der Waals surface area contributed by atoms with E-state index in [0.29, 0.717) is 29.1 Å². The third-order valence-corrected chi connectivity index (χ3v) is 6.09. The maximum Gasteiger partial charge on any atom is 0.340 e. The highest BCUT2D eigenvalue weighted by atomic mass is 16.5. The van der Waals surface area contributed by atoms with Gasteiger partial charge in [0.15, 0.2) is 0 Å². The van der Waals surface area contributed by atoms with Gasteiger partial charge in [0, 0.05) is 16.9 Å². The van der Waals surface area contributed by atoms with Crippen LogP contribution in [0.25, 0.3) is 0 Å². The van der Waals surface area contributed by atoms with E-state index in [1.54, 1.807) is 11.8 Å². The number of nitrogens with two attached hydrogens (primary N) is 1. The maximum absolute atomic E-state index is 14.3. The molecule has 0 fully saturated rings. The molecule has 3 heterocycles. The number of ether oxygens (including phenoxy) is 2. The van der Waals surface area contributed by atoms with Crippen LogP contribution in [0.5, 0.6) is 5.88 Å². The van der Waals surface area contributed by atoms with Crippen molar-refractivity contribution in [2.45, 2.75) is 25.8 Å². The lowest BCUT2D eigenvalue weighted by molar-refractivity contribution is -0.138. The third-order valence-electron chi connectivity index (χ3n) is 6.09. The Morgan fingerprint density at radius 3 is 2.75 bits per heavy atom. The van der Waals surface area contributed by atoms with Crippen LogP contribution in [0, 0.1) is 13.8 Å². The van der Waals surface area contributed by atoms with E-state index >= 15 is 0 Å². The number of aromatic nitrogens is 2. The van der Waals surface area contributed by atoms with Gasteiger partial charge in [-0.2, -0.15) is 0 Å². The largest absolute Gasteiger partial charge is 0.465 e. The second-order valence-corrected chi connectivity index (χ2v) is 8.01. The van der Waals surface area contributed by atoms with Crippen molar-refractivity contribution in [3.05, 3.63) is 87.9 Å². The number of amides is 1. The highest BCUT2D eigenvalue weighted by molar-refractivity contribution is 6.18. The van der Waals surface area contributed by atoms with Gasteiger partial charge in [-0.25, -0.2) is 4.79 Å². The molecule has 1 amide bonds. The van der Waals surface area contributed by atoms with Crippen LogP contribution in [0.4, 0.5) is 5.69 Å². The van der Waals surface area contributed by atoms with Crippen molar-refractivity contribution in [2.24, 2.45) is 5.73 Å². The standard InChI is InChI=1S/C24H22N4O4/c1-13-7-6-8-15(11-13)12-28-17-10-5-4-9-16(17)24(23(28)30)18-14(2)26-27-21(18)32-20(25)19(24)22(29)31-3/h4-11H,12,25H2,1-3H3,(H,26,27). The fourth-order valence-corrected chi connectivity index (χ4v) is 4.83. The number of rotatable bonds is 3. The summed E-state index contributed by atoms with van der Waals surface area (Å²) in [5.41, 5.74) is 9.11. The first-order chi connectivity index (χ1) is 15.4. The minimum absolute atomic E-state index is 0.0406. The van der Waals surface area contributed by atoms with Gasteiger partial charge >= 0.3 is 5.97 Å². The summed E-state index contributed by atoms with van der Waals surface area (Å²) in [4.78, 5) is 29.0. The summed E-state index contributed by atoms with van der Waals surface area (Å²) in [5.74, 6) is -1.06. The second-order valence-electron chi connectivity index (χ2n) is 8.01. The summed E-state index contributed by atoms with van der Waals surface area (Å²) >= 11 is 0. The quantitative estimate of drug-likeness (QED) is 0.618. The van der Waals surface area contributed by atoms with E-state index in [4.69, 9.17) is 15.2 Å². The molecule has 0 saturated heterocycles. The molecule has 32 heavy (non-hydrogen) atoms. The van der Waals surface area contributed by atoms with Crippen LogP contribution in [0.3, 0.4) is 0 Å². The average molecular weight is 430 g/mol. The predicted octanol–water partition coefficient (Wildman–Crippen LogP) is 2.60. The number of benzene rings is 2. The Morgan fingerprint density at radius 2 is 2.00 bits per heavy atom. The molecule has 0 bridgehead atoms. The van der Waals surface area contributed by atoms with Crippen molar-refractivity contribution in [3.63, 3.8) is 0 Å². The number of nitrogens with zero attached hydrogens (tertiary/aromatic N) is 2. The zero-order chi connectivity index (χ0) is 22.6. The van der Waals surface area contributed by atoms with E-state index in [-0.39, 0.29) is 23.2 Å². The third kappa shape index (κ3) is 2.52. The highest BCUT2D eigenvalue weighted by Gasteiger charge is 2.62. The number of carbonyl (C=O) groups excluding carboxylic acids is 2. The van der Waals surface area contributed by atoms with Gasteiger partial charge in [-0.1, -0.05) is 48.0 Å². The number of nitrogens with one attached hydrogen (secondary N) is 1. The fourth-order valence-electron chi connectivity index (χ4n) is 4.83. The van der Waals surface area contributed by atoms with Crippen molar-refractivity contribution in [2.75, 3.05) is 12.0 Å². The van der Waals surface area contributed by atoms with E-state index in [0.717, 1.165) is 11.1 Å². The molecule has 1 atom stereocenters. The molecule has 2 aliphatic rings. The molecule has 0 saturated carbocycles. The molecule has 5 rings (SSSR count). The minimum Gasteiger partial charge on any atom is -0.465 e. The van der Waals surface area contributed by atoms with Crippen LogP contribution in [0.15, 0.2) is 60.0 Å². The zero-order valence-corrected chi connectivity index (χ0v) is 17.9. The van der Waals surface area contributed by atoms with Gasteiger partial charge in [-0.3, -0.25) is 9.89 Å². The fraction of sp³-hybridized carbons (Fsp3) is 0.208. The second kappa shape index (κ2) is 6.98. The van der Waals surface area contributed by atoms with Crippen LogP contribution in [0.2, 0.25) is 0 Å². The molecule has 2 aromatic carbocycles. The Hall–Kier alpha value is -4.07. The Labute approximate surface area is 184 Å². The van der Waals surface area contributed by atoms with Crippen molar-refractivity contribution in [3.8, 4) is 5.88 Å². The summed E-state index contributed by atoms with van der Waals surface area (Å²) in [6, 6.07) is 15.4. The smallest absolute Gasteiger partial charge is 0.340 e. The lowest BCUT2D eigenvalue weighted by atomic mass is 9.68. The van der Waals surface area contributed by atoms with Gasteiger partial charge in [-0.05, 0) is 25.5 Å². The summed E-state index contributed by atoms with van der Waals surface area (Å²) < 4.78 is 10.7. The summed E-state index contributed by atoms with van der Waals surface area (Å²) in [5, 5.41) is 7.06. The number of hydrogen-bond acceptors (Lipinski definition) is 6. The van der Waals surface area contributed by atoms with E-state index in [9.17, 15) is 9.59 Å². The van der Waals surface area contributed by atoms with Crippen molar-refractivity contribution in [1.29, 1.82) is 0 Å². The molecule has 162 valence electrons. The molecular formula is C24H22N4O4. The molecule has 8 nitrogen and oxygen atoms in total. The number of H-pyrrole nitrogens is 1. The SMILES string of the molecule is COC(=O)C1=C(N)Oc2n[nH]c(C)c2C12C(=O)N(Cc1cccc(C)c1)c1ccccc12. The molecule has 1 spiro atoms. The first kappa shape index (κ1) is 19.9. The molecule has 0 aliphatic carbocycles. The Kier molecular flexibility index (Phi) is 4.33. The van der Waals surface area contributed by atoms with Gasteiger partial charge in [0.2, 0.25) is 17.7 Å². The van der Waals surface area contributed by atoms with Crippen LogP contribution in [0.1, 0.15) is 27.9 Å². The molecule has 1 aromatic heterocycles. The Balaban J connectivity index is 1.80. The first-order valence-electron chi connectivity index (χ1n) is 10.2. The number of carbonyl (C=O) groups is 2. The number of methoxy groups -OCH3 is 1. The normalized spacial score (nSPS) is 19.1. The lowest BCUT2D eigenvalue weighted by Gasteiger charge is -2.34. The number of fused-ring (bicyclic) bond motifs is 4. The Bertz CT molecular complexity index is 1310. The van der Waals surface area contributed by atoms with Gasteiger partial charge in [-0.15, -0.1) is 5.10 Å². The first-order valence-corrected chi connectivity index (χ1v) is 10.2. The number of aryl methyl sites for hydroxylation is 2. The summed E-state index contributed by atoms with van der Waals surface area (Å²) in [6.45, 7) is 4.12. The van der Waals surface area contributed by atoms with Crippen LogP contribution in [-0.4, -0.2) is 29.2 Å². The number of para-hydroxylation sites is 1. The number of esters is 1. The molecule has 3 aromatic rings. The molecular weight excluding hydrogens is 408 g/mol. The molecule has 8 heteroatoms. The van der Waals surface area contributed by atoms with Crippen LogP contribution < -0.4 is 15.4 Å². The van der Waals surface area contributed by atoms with Gasteiger partial charge in [0.1, 0.15) is 11.0 Å². The Morgan fingerprint density at radius 1 is 1.22 bits per heavy atom. The number of anilines is 1. The monoisotopic (exact) mass is 430 g/mol. The van der Waals surface area contributed by atoms with Gasteiger partial charge in [0.05, 0.1) is 19.2 Å². The zero-order valence-electron chi connectivity index (χ0n) is 17.9. The highest BCUT2D eigenvalue weighted by Crippen LogP contribution is 2.56. The molecule has 0 radical (unpaired) electrons. The number of hydrogen-bond donors (Lipinski definition) is 2. The van der Waals surface area contributed by atoms with Crippen molar-refractivity contribution in [1.82, 2.24) is 10.2 Å². The van der Waals surface area contributed by atoms with Gasteiger partial charge < -0.3 is 20.1 Å². The number of aromatic amines is 1. The minimum atomic E-state index is -1.53. The van der Waals surface area contributed by atoms with E-state index < -0.39 is 11.4 Å². The van der Waals surface area contributed by atoms with Crippen molar-refractivity contribution >= 4 is 17.6 Å². The molecule has 1 unspecified atom stereocenters. The van der Waals surface area contributed by atoms with Crippen LogP contribution >= 0.6 is 0 Å². The average Bonchev–Trinajstić information content (AvgIpc) is 3.25. The summed E-state index contributed by atoms with van der Waals surface area (Å²) in [6.07, 6.45) is 0. The van der Waals surface area contributed by atoms with Crippen LogP contribution in [-0.2, 0) is 26.3 Å². The van der Waals surface area contributed by atoms with Crippen molar-refractivity contribution < 1.29 is 19.1 Å². The van der Waals surface area contributed by atoms with E-state index in [2.05, 4.69) is 10.2 Å². The van der Waals surface area contributed by atoms with Gasteiger partial charge in [0.25, 0.3) is 0 Å². The predicted molar refractivity (Wildman–Crippen MR) is 117 cm³/mol. The topological polar surface area (TPSA) is 111 Å². The van der Waals surface area contributed by atoms with E-state index in [1.807, 2.05) is 55.5 Å². The lowest BCUT2D eigenvalue weighted by Crippen LogP contribution is -2.48. The molecule has 3 N–H and O–H groups in total. The molecule has 2 aliphatic heterocycles.